The Kier molecular flexibility index (Phi) is 6.57. The molecule has 0 amide bonds. The van der Waals surface area contributed by atoms with Gasteiger partial charge in [0.15, 0.2) is 0 Å². The summed E-state index contributed by atoms with van der Waals surface area (Å²) in [5.74, 6) is 0. The highest BCUT2D eigenvalue weighted by Gasteiger charge is 2.36. The minimum absolute atomic E-state index is 0.0396. The molecule has 0 bridgehead atoms. The summed E-state index contributed by atoms with van der Waals surface area (Å²) in [6, 6.07) is 0. The number of nitrogens with one attached hydrogen (secondary N) is 1. The van der Waals surface area contributed by atoms with Crippen molar-refractivity contribution in [2.75, 3.05) is 47.1 Å². The molecule has 4 nitrogen and oxygen atoms in total. The lowest BCUT2D eigenvalue weighted by Gasteiger charge is -2.32. The maximum absolute atomic E-state index is 5.60. The number of hydrogen-bond acceptors (Lipinski definition) is 4. The topological polar surface area (TPSA) is 39.7 Å². The zero-order valence-corrected chi connectivity index (χ0v) is 12.4. The van der Waals surface area contributed by atoms with Gasteiger partial charge in [0, 0.05) is 39.3 Å². The van der Waals surface area contributed by atoms with Crippen LogP contribution in [0.2, 0.25) is 0 Å². The molecular weight excluding hydrogens is 230 g/mol. The summed E-state index contributed by atoms with van der Waals surface area (Å²) < 4.78 is 16.2. The summed E-state index contributed by atoms with van der Waals surface area (Å²) >= 11 is 0. The van der Waals surface area contributed by atoms with E-state index >= 15 is 0 Å². The van der Waals surface area contributed by atoms with E-state index in [2.05, 4.69) is 19.2 Å². The lowest BCUT2D eigenvalue weighted by atomic mass is 9.79. The largest absolute Gasteiger partial charge is 0.383 e. The molecule has 0 saturated carbocycles. The summed E-state index contributed by atoms with van der Waals surface area (Å²) in [5, 5.41) is 3.48. The fraction of sp³-hybridized carbons (Fsp3) is 1.00. The van der Waals surface area contributed by atoms with Gasteiger partial charge in [-0.1, -0.05) is 0 Å². The predicted molar refractivity (Wildman–Crippen MR) is 72.9 cm³/mol. The average Bonchev–Trinajstić information content (AvgIpc) is 2.82. The molecule has 108 valence electrons. The van der Waals surface area contributed by atoms with Crippen LogP contribution in [0.25, 0.3) is 0 Å². The van der Waals surface area contributed by atoms with E-state index < -0.39 is 0 Å². The van der Waals surface area contributed by atoms with Crippen molar-refractivity contribution in [2.45, 2.75) is 38.7 Å². The predicted octanol–water partition coefficient (Wildman–Crippen LogP) is 1.83. The minimum atomic E-state index is -0.0396. The molecule has 0 aromatic heterocycles. The van der Waals surface area contributed by atoms with Crippen LogP contribution in [0.15, 0.2) is 0 Å². The van der Waals surface area contributed by atoms with Gasteiger partial charge >= 0.3 is 0 Å². The van der Waals surface area contributed by atoms with Crippen LogP contribution in [-0.4, -0.2) is 52.7 Å². The molecule has 1 aliphatic rings. The van der Waals surface area contributed by atoms with Gasteiger partial charge in [0.2, 0.25) is 0 Å². The van der Waals surface area contributed by atoms with E-state index in [1.807, 2.05) is 0 Å². The fourth-order valence-corrected chi connectivity index (χ4v) is 2.27. The molecule has 0 aromatic rings. The molecule has 1 unspecified atom stereocenters. The Bertz CT molecular complexity index is 225. The lowest BCUT2D eigenvalue weighted by Crippen LogP contribution is -2.38. The van der Waals surface area contributed by atoms with Gasteiger partial charge in [0.05, 0.1) is 18.8 Å². The van der Waals surface area contributed by atoms with Crippen LogP contribution in [0.1, 0.15) is 33.1 Å². The van der Waals surface area contributed by atoms with Gasteiger partial charge in [0.1, 0.15) is 0 Å². The van der Waals surface area contributed by atoms with Crippen molar-refractivity contribution in [1.82, 2.24) is 5.32 Å². The second-order valence-corrected chi connectivity index (χ2v) is 5.94. The van der Waals surface area contributed by atoms with Gasteiger partial charge in [-0.05, 0) is 33.1 Å². The highest BCUT2D eigenvalue weighted by molar-refractivity contribution is 4.87. The monoisotopic (exact) mass is 259 g/mol. The third-order valence-corrected chi connectivity index (χ3v) is 3.98. The maximum Gasteiger partial charge on any atom is 0.0623 e. The summed E-state index contributed by atoms with van der Waals surface area (Å²) in [4.78, 5) is 0. The summed E-state index contributed by atoms with van der Waals surface area (Å²) in [6.07, 6.45) is 3.36. The smallest absolute Gasteiger partial charge is 0.0623 e. The van der Waals surface area contributed by atoms with Crippen LogP contribution >= 0.6 is 0 Å². The first-order chi connectivity index (χ1) is 8.54. The van der Waals surface area contributed by atoms with Gasteiger partial charge in [0.25, 0.3) is 0 Å². The minimum Gasteiger partial charge on any atom is -0.383 e. The van der Waals surface area contributed by atoms with E-state index in [-0.39, 0.29) is 11.0 Å². The van der Waals surface area contributed by atoms with Crippen molar-refractivity contribution in [3.63, 3.8) is 0 Å². The summed E-state index contributed by atoms with van der Waals surface area (Å²) in [6.45, 7) is 8.73. The summed E-state index contributed by atoms with van der Waals surface area (Å²) in [7, 11) is 3.52. The third kappa shape index (κ3) is 5.22. The first-order valence-electron chi connectivity index (χ1n) is 6.86. The molecule has 1 atom stereocenters. The first kappa shape index (κ1) is 15.9. The molecule has 1 rings (SSSR count). The quantitative estimate of drug-likeness (QED) is 0.641. The average molecular weight is 259 g/mol. The zero-order chi connectivity index (χ0) is 13.5. The Labute approximate surface area is 111 Å². The Morgan fingerprint density at radius 2 is 2.11 bits per heavy atom. The Hall–Kier alpha value is -0.160. The van der Waals surface area contributed by atoms with Gasteiger partial charge in [-0.25, -0.2) is 0 Å². The second-order valence-electron chi connectivity index (χ2n) is 5.94. The van der Waals surface area contributed by atoms with Crippen molar-refractivity contribution in [3.8, 4) is 0 Å². The van der Waals surface area contributed by atoms with Crippen molar-refractivity contribution >= 4 is 0 Å². The molecule has 1 N–H and O–H groups in total. The molecule has 0 aliphatic carbocycles. The number of hydrogen-bond donors (Lipinski definition) is 1. The highest BCUT2D eigenvalue weighted by atomic mass is 16.5. The first-order valence-corrected chi connectivity index (χ1v) is 6.86. The fourth-order valence-electron chi connectivity index (χ4n) is 2.27. The molecule has 1 aliphatic heterocycles. The molecule has 1 fully saturated rings. The van der Waals surface area contributed by atoms with Crippen LogP contribution in [0.4, 0.5) is 0 Å². The lowest BCUT2D eigenvalue weighted by molar-refractivity contribution is 0.00206. The number of rotatable bonds is 9. The van der Waals surface area contributed by atoms with Gasteiger partial charge in [-0.3, -0.25) is 0 Å². The Morgan fingerprint density at radius 3 is 2.67 bits per heavy atom. The van der Waals surface area contributed by atoms with Crippen LogP contribution in [0.5, 0.6) is 0 Å². The van der Waals surface area contributed by atoms with Gasteiger partial charge in [-0.15, -0.1) is 0 Å². The Balaban J connectivity index is 2.38. The molecule has 0 spiro atoms. The molecule has 4 heteroatoms. The molecule has 1 heterocycles. The van der Waals surface area contributed by atoms with Gasteiger partial charge in [-0.2, -0.15) is 0 Å². The maximum atomic E-state index is 5.60. The molecular formula is C14H29NO3. The van der Waals surface area contributed by atoms with E-state index in [0.717, 1.165) is 52.2 Å². The third-order valence-electron chi connectivity index (χ3n) is 3.98. The van der Waals surface area contributed by atoms with E-state index in [1.54, 1.807) is 14.2 Å². The standard InChI is InChI=1S/C14H29NO3/c1-13(2,17-4)5-6-14(7-9-18-12-14)11-15-8-10-16-3/h15H,5-12H2,1-4H3. The molecule has 18 heavy (non-hydrogen) atoms. The highest BCUT2D eigenvalue weighted by Crippen LogP contribution is 2.35. The van der Waals surface area contributed by atoms with Crippen LogP contribution in [-0.2, 0) is 14.2 Å². The summed E-state index contributed by atoms with van der Waals surface area (Å²) in [5.41, 5.74) is 0.242. The molecule has 1 saturated heterocycles. The van der Waals surface area contributed by atoms with Crippen LogP contribution in [0.3, 0.4) is 0 Å². The zero-order valence-electron chi connectivity index (χ0n) is 12.4. The van der Waals surface area contributed by atoms with Crippen molar-refractivity contribution < 1.29 is 14.2 Å². The van der Waals surface area contributed by atoms with Crippen LogP contribution in [0, 0.1) is 5.41 Å². The second kappa shape index (κ2) is 7.43. The van der Waals surface area contributed by atoms with Crippen molar-refractivity contribution in [1.29, 1.82) is 0 Å². The van der Waals surface area contributed by atoms with E-state index in [4.69, 9.17) is 14.2 Å². The van der Waals surface area contributed by atoms with E-state index in [0.29, 0.717) is 0 Å². The van der Waals surface area contributed by atoms with E-state index in [1.165, 1.54) is 0 Å². The van der Waals surface area contributed by atoms with Crippen LogP contribution < -0.4 is 5.32 Å². The van der Waals surface area contributed by atoms with Crippen molar-refractivity contribution in [3.05, 3.63) is 0 Å². The molecule has 0 radical (unpaired) electrons. The normalized spacial score (nSPS) is 24.7. The Morgan fingerprint density at radius 1 is 1.33 bits per heavy atom. The molecule has 0 aromatic carbocycles. The number of ether oxygens (including phenoxy) is 3. The van der Waals surface area contributed by atoms with E-state index in [9.17, 15) is 0 Å². The van der Waals surface area contributed by atoms with Gasteiger partial charge < -0.3 is 19.5 Å². The number of methoxy groups -OCH3 is 2. The SMILES string of the molecule is COCCNCC1(CCC(C)(C)OC)CCOC1. The van der Waals surface area contributed by atoms with Crippen molar-refractivity contribution in [2.24, 2.45) is 5.41 Å².